The van der Waals surface area contributed by atoms with Crippen molar-refractivity contribution in [1.29, 1.82) is 0 Å². The number of hydrogen-bond donors (Lipinski definition) is 0. The molecule has 0 saturated carbocycles. The van der Waals surface area contributed by atoms with Crippen LogP contribution in [0.2, 0.25) is 0 Å². The van der Waals surface area contributed by atoms with Crippen molar-refractivity contribution in [2.75, 3.05) is 0 Å². The molecule has 6 rings (SSSR count). The van der Waals surface area contributed by atoms with Crippen molar-refractivity contribution < 1.29 is 0 Å². The summed E-state index contributed by atoms with van der Waals surface area (Å²) in [6.45, 7) is 4.45. The predicted octanol–water partition coefficient (Wildman–Crippen LogP) is 4.53. The van der Waals surface area contributed by atoms with Gasteiger partial charge in [-0.3, -0.25) is 0 Å². The molecule has 19 heavy (non-hydrogen) atoms. The van der Waals surface area contributed by atoms with Gasteiger partial charge in [0.25, 0.3) is 0 Å². The van der Waals surface area contributed by atoms with E-state index in [1.807, 2.05) is 0 Å². The Hall–Kier alpha value is -1.69. The first-order chi connectivity index (χ1) is 9.22. The summed E-state index contributed by atoms with van der Waals surface area (Å²) in [5, 5.41) is 0. The molecule has 0 fully saturated rings. The summed E-state index contributed by atoms with van der Waals surface area (Å²) in [5.74, 6) is 1.43. The van der Waals surface area contributed by atoms with Crippen molar-refractivity contribution >= 4 is 0 Å². The van der Waals surface area contributed by atoms with Gasteiger partial charge in [0.1, 0.15) is 5.56 Å². The Labute approximate surface area is 116 Å². The molecule has 0 radical (unpaired) electrons. The Bertz CT molecular complexity index is 561. The molecule has 0 aliphatic heterocycles. The lowest BCUT2D eigenvalue weighted by atomic mass is 9.89. The van der Waals surface area contributed by atoms with Crippen molar-refractivity contribution in [3.05, 3.63) is 76.2 Å². The van der Waals surface area contributed by atoms with E-state index in [0.29, 0.717) is 0 Å². The van der Waals surface area contributed by atoms with Gasteiger partial charge < -0.3 is 0 Å². The average molecular weight is 249 g/mol. The van der Waals surface area contributed by atoms with Crippen molar-refractivity contribution in [2.45, 2.75) is 39.5 Å². The van der Waals surface area contributed by atoms with Crippen LogP contribution in [-0.2, 0) is 25.7 Å². The van der Waals surface area contributed by atoms with Crippen molar-refractivity contribution in [1.82, 2.24) is 0 Å². The van der Waals surface area contributed by atoms with Gasteiger partial charge in [0.05, 0.1) is 5.56 Å². The van der Waals surface area contributed by atoms with Crippen LogP contribution in [-0.4, -0.2) is 0 Å². The summed E-state index contributed by atoms with van der Waals surface area (Å²) < 4.78 is 0. The van der Waals surface area contributed by atoms with Crippen LogP contribution in [0.1, 0.15) is 41.7 Å². The molecule has 0 saturated heterocycles. The minimum absolute atomic E-state index is 1.14. The van der Waals surface area contributed by atoms with Gasteiger partial charge in [-0.25, -0.2) is 0 Å². The number of aryl methyl sites for hydroxylation is 4. The zero-order chi connectivity index (χ0) is 13.2. The molecule has 0 N–H and O–H groups in total. The van der Waals surface area contributed by atoms with Crippen LogP contribution in [0.4, 0.5) is 0 Å². The average Bonchev–Trinajstić information content (AvgIpc) is 2.41. The van der Waals surface area contributed by atoms with Crippen LogP contribution < -0.4 is 0 Å². The molecule has 0 unspecified atom stereocenters. The van der Waals surface area contributed by atoms with Gasteiger partial charge in [0.2, 0.25) is 0 Å². The molecule has 0 nitrogen and oxygen atoms in total. The fraction of sp³-hybridized carbons (Fsp3) is 0.316. The third kappa shape index (κ3) is 2.68. The van der Waals surface area contributed by atoms with Gasteiger partial charge >= 0.3 is 0 Å². The Kier molecular flexibility index (Phi) is 3.33. The molecule has 4 aliphatic carbocycles. The molecular formula is C19H21+. The fourth-order valence-electron chi connectivity index (χ4n) is 2.90. The smallest absolute Gasteiger partial charge is 0.0588 e. The first kappa shape index (κ1) is 12.3. The normalized spacial score (nSPS) is 14.0. The lowest BCUT2D eigenvalue weighted by molar-refractivity contribution is 0.904. The quantitative estimate of drug-likeness (QED) is 0.651. The van der Waals surface area contributed by atoms with Gasteiger partial charge in [0.15, 0.2) is 0 Å². The van der Waals surface area contributed by atoms with E-state index in [9.17, 15) is 0 Å². The predicted molar refractivity (Wildman–Crippen MR) is 81.4 cm³/mol. The summed E-state index contributed by atoms with van der Waals surface area (Å²) >= 11 is 0. The second kappa shape index (κ2) is 5.13. The van der Waals surface area contributed by atoms with E-state index in [1.165, 1.54) is 33.7 Å². The second-order valence-electron chi connectivity index (χ2n) is 5.81. The zero-order valence-corrected chi connectivity index (χ0v) is 11.9. The topological polar surface area (TPSA) is 0 Å². The summed E-state index contributed by atoms with van der Waals surface area (Å²) in [7, 11) is 0. The van der Waals surface area contributed by atoms with E-state index >= 15 is 0 Å². The number of rotatable bonds is 1. The molecule has 96 valence electrons. The van der Waals surface area contributed by atoms with Crippen LogP contribution in [0.25, 0.3) is 0 Å². The van der Waals surface area contributed by atoms with Gasteiger partial charge in [-0.1, -0.05) is 24.3 Å². The molecule has 0 aromatic heterocycles. The highest BCUT2D eigenvalue weighted by atomic mass is 14.1. The number of benzene rings is 2. The monoisotopic (exact) mass is 249 g/mol. The van der Waals surface area contributed by atoms with E-state index in [-0.39, 0.29) is 0 Å². The highest BCUT2D eigenvalue weighted by Crippen LogP contribution is 2.24. The van der Waals surface area contributed by atoms with Gasteiger partial charge in [-0.2, -0.15) is 0 Å². The minimum Gasteiger partial charge on any atom is -0.0588 e. The molecule has 2 aromatic carbocycles. The summed E-state index contributed by atoms with van der Waals surface area (Å²) in [5.41, 5.74) is 7.32. The van der Waals surface area contributed by atoms with Gasteiger partial charge in [-0.05, 0) is 42.5 Å². The van der Waals surface area contributed by atoms with E-state index in [1.54, 1.807) is 0 Å². The standard InChI is InChI=1S/C19H21/c1-14(2)19-13-17-8-7-15-3-5-16(6-4-15)9-11-18(19)12-10-17/h3-6,10,12-13H,7-9,11H2,1-2H3/q+1. The lowest BCUT2D eigenvalue weighted by Crippen LogP contribution is -2.03. The Balaban J connectivity index is 2.01. The van der Waals surface area contributed by atoms with E-state index in [4.69, 9.17) is 0 Å². The summed E-state index contributed by atoms with van der Waals surface area (Å²) in [4.78, 5) is 0. The maximum atomic E-state index is 2.40. The zero-order valence-electron chi connectivity index (χ0n) is 11.9. The van der Waals surface area contributed by atoms with Crippen LogP contribution in [0.15, 0.2) is 42.5 Å². The maximum absolute atomic E-state index is 2.40. The van der Waals surface area contributed by atoms with Crippen LogP contribution in [0.3, 0.4) is 0 Å². The lowest BCUT2D eigenvalue weighted by Gasteiger charge is -2.10. The largest absolute Gasteiger partial charge is 0.135 e. The summed E-state index contributed by atoms with van der Waals surface area (Å²) in [6.07, 6.45) is 4.56. The highest BCUT2D eigenvalue weighted by molar-refractivity contribution is 5.41. The first-order valence-corrected chi connectivity index (χ1v) is 7.22. The van der Waals surface area contributed by atoms with Gasteiger partial charge in [-0.15, -0.1) is 0 Å². The van der Waals surface area contributed by atoms with Crippen molar-refractivity contribution in [2.24, 2.45) is 0 Å². The Morgan fingerprint density at radius 1 is 0.684 bits per heavy atom. The number of hydrogen-bond acceptors (Lipinski definition) is 0. The molecule has 4 aliphatic rings. The van der Waals surface area contributed by atoms with Crippen LogP contribution in [0.5, 0.6) is 0 Å². The third-order valence-corrected chi connectivity index (χ3v) is 4.12. The van der Waals surface area contributed by atoms with E-state index in [0.717, 1.165) is 25.7 Å². The minimum atomic E-state index is 1.14. The van der Waals surface area contributed by atoms with E-state index < -0.39 is 0 Å². The molecular weight excluding hydrogens is 228 g/mol. The SMILES string of the molecule is C[C+](C)c1cc2ccc1CCc1ccc(cc1)CC2. The van der Waals surface area contributed by atoms with Gasteiger partial charge in [0, 0.05) is 37.8 Å². The van der Waals surface area contributed by atoms with Crippen LogP contribution in [0, 0.1) is 5.92 Å². The molecule has 0 heterocycles. The Morgan fingerprint density at radius 2 is 1.21 bits per heavy atom. The molecule has 2 aromatic rings. The molecule has 4 bridgehead atoms. The second-order valence-corrected chi connectivity index (χ2v) is 5.81. The van der Waals surface area contributed by atoms with E-state index in [2.05, 4.69) is 56.3 Å². The molecule has 0 spiro atoms. The van der Waals surface area contributed by atoms with Crippen molar-refractivity contribution in [3.63, 3.8) is 0 Å². The molecule has 0 atom stereocenters. The summed E-state index contributed by atoms with van der Waals surface area (Å²) in [6, 6.07) is 16.2. The fourth-order valence-corrected chi connectivity index (χ4v) is 2.90. The Morgan fingerprint density at radius 3 is 1.84 bits per heavy atom. The van der Waals surface area contributed by atoms with Crippen molar-refractivity contribution in [3.8, 4) is 0 Å². The third-order valence-electron chi connectivity index (χ3n) is 4.12. The highest BCUT2D eigenvalue weighted by Gasteiger charge is 2.17. The first-order valence-electron chi connectivity index (χ1n) is 7.22. The maximum Gasteiger partial charge on any atom is 0.135 e. The van der Waals surface area contributed by atoms with Crippen LogP contribution >= 0.6 is 0 Å². The molecule has 0 heteroatoms. The molecule has 0 amide bonds.